The smallest absolute Gasteiger partial charge is 0.360 e. The van der Waals surface area contributed by atoms with E-state index in [1.807, 2.05) is 0 Å². The standard InChI is InChI=1S/C20H22BrF3N6O2/c1-32-19(31)29-14-6-5-9-10(7-26-17(9)15(14)21)16-11(20(22,23)24)8-27-18(30-16)28-13-4-2-3-12(13)25/h5-8,12-13,19,26,29,31H,2-4,25H2,1H3,(H,27,28,30)/t12-,13-,19?/m1/s1. The molecule has 2 heterocycles. The van der Waals surface area contributed by atoms with E-state index in [1.165, 1.54) is 13.3 Å². The van der Waals surface area contributed by atoms with Crippen LogP contribution in [0, 0.1) is 0 Å². The van der Waals surface area contributed by atoms with Crippen LogP contribution in [0.2, 0.25) is 0 Å². The Morgan fingerprint density at radius 1 is 1.34 bits per heavy atom. The third-order valence-electron chi connectivity index (χ3n) is 5.53. The lowest BCUT2D eigenvalue weighted by atomic mass is 10.1. The monoisotopic (exact) mass is 514 g/mol. The first-order valence-corrected chi connectivity index (χ1v) is 10.7. The van der Waals surface area contributed by atoms with Crippen molar-refractivity contribution in [1.82, 2.24) is 15.0 Å². The van der Waals surface area contributed by atoms with E-state index in [2.05, 4.69) is 41.5 Å². The van der Waals surface area contributed by atoms with Gasteiger partial charge in [0.05, 0.1) is 21.4 Å². The van der Waals surface area contributed by atoms with Crippen LogP contribution in [0.4, 0.5) is 24.8 Å². The summed E-state index contributed by atoms with van der Waals surface area (Å²) in [6, 6.07) is 3.08. The number of nitrogens with two attached hydrogens (primary N) is 1. The molecular weight excluding hydrogens is 493 g/mol. The summed E-state index contributed by atoms with van der Waals surface area (Å²) in [7, 11) is 1.33. The molecule has 172 valence electrons. The van der Waals surface area contributed by atoms with Gasteiger partial charge in [-0.25, -0.2) is 9.97 Å². The van der Waals surface area contributed by atoms with Gasteiger partial charge in [-0.3, -0.25) is 0 Å². The molecule has 3 atom stereocenters. The number of aromatic nitrogens is 3. The van der Waals surface area contributed by atoms with Crippen LogP contribution in [0.15, 0.2) is 29.0 Å². The molecule has 6 N–H and O–H groups in total. The minimum atomic E-state index is -4.64. The minimum absolute atomic E-state index is 0.0856. The number of aliphatic hydroxyl groups excluding tert-OH is 1. The Hall–Kier alpha value is -2.41. The third kappa shape index (κ3) is 4.40. The number of halogens is 4. The van der Waals surface area contributed by atoms with Crippen molar-refractivity contribution < 1.29 is 23.0 Å². The summed E-state index contributed by atoms with van der Waals surface area (Å²) >= 11 is 3.42. The molecule has 0 bridgehead atoms. The Balaban J connectivity index is 1.78. The van der Waals surface area contributed by atoms with E-state index in [-0.39, 0.29) is 29.3 Å². The summed E-state index contributed by atoms with van der Waals surface area (Å²) in [5, 5.41) is 16.0. The van der Waals surface area contributed by atoms with Crippen LogP contribution in [-0.4, -0.2) is 45.7 Å². The van der Waals surface area contributed by atoms with E-state index in [4.69, 9.17) is 10.5 Å². The number of benzene rings is 1. The maximum Gasteiger partial charge on any atom is 0.419 e. The van der Waals surface area contributed by atoms with Gasteiger partial charge in [-0.2, -0.15) is 13.2 Å². The number of aromatic amines is 1. The van der Waals surface area contributed by atoms with Gasteiger partial charge >= 0.3 is 6.18 Å². The molecule has 0 amide bonds. The summed E-state index contributed by atoms with van der Waals surface area (Å²) in [4.78, 5) is 11.1. The van der Waals surface area contributed by atoms with Crippen LogP contribution >= 0.6 is 15.9 Å². The quantitative estimate of drug-likeness (QED) is 0.315. The third-order valence-corrected chi connectivity index (χ3v) is 6.35. The average Bonchev–Trinajstić information content (AvgIpc) is 3.35. The normalized spacial score (nSPS) is 20.0. The van der Waals surface area contributed by atoms with Crippen molar-refractivity contribution in [3.8, 4) is 11.3 Å². The van der Waals surface area contributed by atoms with Crippen LogP contribution in [0.1, 0.15) is 24.8 Å². The molecule has 0 radical (unpaired) electrons. The fraction of sp³-hybridized carbons (Fsp3) is 0.400. The molecule has 0 spiro atoms. The maximum absolute atomic E-state index is 13.8. The van der Waals surface area contributed by atoms with Gasteiger partial charge in [0.2, 0.25) is 12.4 Å². The molecule has 0 aliphatic heterocycles. The SMILES string of the molecule is COC(O)Nc1ccc2c(-c3nc(N[C@@H]4CCC[C@H]4N)ncc3C(F)(F)F)c[nH]c2c1Br. The van der Waals surface area contributed by atoms with Crippen LogP contribution in [-0.2, 0) is 10.9 Å². The Kier molecular flexibility index (Phi) is 6.30. The average molecular weight is 515 g/mol. The van der Waals surface area contributed by atoms with Gasteiger partial charge in [0.25, 0.3) is 0 Å². The number of fused-ring (bicyclic) bond motifs is 1. The fourth-order valence-corrected chi connectivity index (χ4v) is 4.44. The number of H-pyrrole nitrogens is 1. The Morgan fingerprint density at radius 3 is 2.78 bits per heavy atom. The zero-order valence-electron chi connectivity index (χ0n) is 17.0. The summed E-state index contributed by atoms with van der Waals surface area (Å²) in [6.07, 6.45) is -1.02. The zero-order chi connectivity index (χ0) is 23.0. The second kappa shape index (κ2) is 8.85. The van der Waals surface area contributed by atoms with Gasteiger partial charge in [0, 0.05) is 42.5 Å². The molecule has 2 aromatic heterocycles. The molecule has 1 unspecified atom stereocenters. The summed E-state index contributed by atoms with van der Waals surface area (Å²) in [6.45, 7) is 0. The largest absolute Gasteiger partial charge is 0.419 e. The Bertz CT molecular complexity index is 1120. The Morgan fingerprint density at radius 2 is 2.12 bits per heavy atom. The zero-order valence-corrected chi connectivity index (χ0v) is 18.6. The van der Waals surface area contributed by atoms with Gasteiger partial charge in [-0.05, 0) is 41.3 Å². The van der Waals surface area contributed by atoms with Crippen LogP contribution in [0.25, 0.3) is 22.2 Å². The van der Waals surface area contributed by atoms with E-state index < -0.39 is 18.2 Å². The van der Waals surface area contributed by atoms with E-state index in [9.17, 15) is 18.3 Å². The summed E-state index contributed by atoms with van der Waals surface area (Å²) in [5.41, 5.74) is 6.19. The van der Waals surface area contributed by atoms with E-state index in [0.29, 0.717) is 21.1 Å². The highest BCUT2D eigenvalue weighted by atomic mass is 79.9. The highest BCUT2D eigenvalue weighted by Crippen LogP contribution is 2.41. The first kappa shape index (κ1) is 22.8. The molecule has 1 saturated carbocycles. The molecule has 4 rings (SSSR count). The van der Waals surface area contributed by atoms with Gasteiger partial charge in [-0.1, -0.05) is 6.07 Å². The molecule has 12 heteroatoms. The number of hydrogen-bond acceptors (Lipinski definition) is 7. The second-order valence-electron chi connectivity index (χ2n) is 7.58. The fourth-order valence-electron chi connectivity index (χ4n) is 3.86. The number of ether oxygens (including phenoxy) is 1. The summed E-state index contributed by atoms with van der Waals surface area (Å²) in [5.74, 6) is 0.102. The van der Waals surface area contributed by atoms with Crippen LogP contribution in [0.3, 0.4) is 0 Å². The molecule has 1 aromatic carbocycles. The molecule has 1 fully saturated rings. The number of nitrogens with one attached hydrogen (secondary N) is 3. The first-order valence-electron chi connectivity index (χ1n) is 9.92. The number of alkyl halides is 3. The lowest BCUT2D eigenvalue weighted by Gasteiger charge is -2.19. The molecule has 32 heavy (non-hydrogen) atoms. The van der Waals surface area contributed by atoms with Crippen molar-refractivity contribution in [3.63, 3.8) is 0 Å². The van der Waals surface area contributed by atoms with Crippen molar-refractivity contribution in [3.05, 3.63) is 34.6 Å². The minimum Gasteiger partial charge on any atom is -0.360 e. The Labute approximate surface area is 189 Å². The van der Waals surface area contributed by atoms with Gasteiger partial charge in [-0.15, -0.1) is 0 Å². The molecule has 3 aromatic rings. The van der Waals surface area contributed by atoms with Crippen molar-refractivity contribution >= 4 is 38.5 Å². The predicted molar refractivity (Wildman–Crippen MR) is 118 cm³/mol. The van der Waals surface area contributed by atoms with Crippen molar-refractivity contribution in [2.75, 3.05) is 17.7 Å². The summed E-state index contributed by atoms with van der Waals surface area (Å²) < 4.78 is 46.6. The number of hydrogen-bond donors (Lipinski definition) is 5. The van der Waals surface area contributed by atoms with Crippen molar-refractivity contribution in [2.45, 2.75) is 43.9 Å². The topological polar surface area (TPSA) is 121 Å². The molecule has 0 saturated heterocycles. The molecule has 1 aliphatic carbocycles. The maximum atomic E-state index is 13.8. The van der Waals surface area contributed by atoms with Crippen LogP contribution < -0.4 is 16.4 Å². The molecular formula is C20H22BrF3N6O2. The first-order chi connectivity index (χ1) is 15.2. The van der Waals surface area contributed by atoms with Gasteiger partial charge in [0.1, 0.15) is 5.56 Å². The van der Waals surface area contributed by atoms with Crippen LogP contribution in [0.5, 0.6) is 0 Å². The van der Waals surface area contributed by atoms with E-state index >= 15 is 0 Å². The van der Waals surface area contributed by atoms with E-state index in [1.54, 1.807) is 12.1 Å². The molecule has 8 nitrogen and oxygen atoms in total. The van der Waals surface area contributed by atoms with Crippen molar-refractivity contribution in [1.29, 1.82) is 0 Å². The van der Waals surface area contributed by atoms with Gasteiger partial charge in [0.15, 0.2) is 0 Å². The molecule has 1 aliphatic rings. The number of aliphatic hydroxyl groups is 1. The highest BCUT2D eigenvalue weighted by molar-refractivity contribution is 9.10. The van der Waals surface area contributed by atoms with Crippen molar-refractivity contribution in [2.24, 2.45) is 5.73 Å². The number of anilines is 2. The van der Waals surface area contributed by atoms with Gasteiger partial charge < -0.3 is 31.2 Å². The second-order valence-corrected chi connectivity index (χ2v) is 8.38. The lowest BCUT2D eigenvalue weighted by Crippen LogP contribution is -2.35. The number of methoxy groups -OCH3 is 1. The predicted octanol–water partition coefficient (Wildman–Crippen LogP) is 4.03. The van der Waals surface area contributed by atoms with E-state index in [0.717, 1.165) is 25.5 Å². The highest BCUT2D eigenvalue weighted by Gasteiger charge is 2.36. The lowest BCUT2D eigenvalue weighted by molar-refractivity contribution is -0.137. The number of nitrogens with zero attached hydrogens (tertiary/aromatic N) is 2. The number of rotatable bonds is 6.